The van der Waals surface area contributed by atoms with Gasteiger partial charge in [-0.1, -0.05) is 18.2 Å². The van der Waals surface area contributed by atoms with Crippen molar-refractivity contribution in [1.82, 2.24) is 4.90 Å². The van der Waals surface area contributed by atoms with Crippen molar-refractivity contribution in [2.24, 2.45) is 0 Å². The third-order valence-electron chi connectivity index (χ3n) is 3.23. The molecule has 0 fully saturated rings. The molecule has 1 amide bonds. The smallest absolute Gasteiger partial charge is 0.260 e. The number of aromatic hydroxyl groups is 1. The van der Waals surface area contributed by atoms with Gasteiger partial charge in [0.05, 0.1) is 0 Å². The zero-order chi connectivity index (χ0) is 15.4. The van der Waals surface area contributed by atoms with E-state index < -0.39 is 11.7 Å². The highest BCUT2D eigenvalue weighted by Crippen LogP contribution is 2.22. The summed E-state index contributed by atoms with van der Waals surface area (Å²) < 4.78 is 13.8. The fourth-order valence-electron chi connectivity index (χ4n) is 2.05. The van der Waals surface area contributed by atoms with Gasteiger partial charge in [0, 0.05) is 18.8 Å². The maximum absolute atomic E-state index is 13.8. The third-order valence-corrected chi connectivity index (χ3v) is 3.23. The summed E-state index contributed by atoms with van der Waals surface area (Å²) in [7, 11) is 0. The lowest BCUT2D eigenvalue weighted by Gasteiger charge is -2.21. The molecule has 0 heterocycles. The molecule has 0 radical (unpaired) electrons. The van der Waals surface area contributed by atoms with Crippen molar-refractivity contribution in [2.45, 2.75) is 13.5 Å². The minimum atomic E-state index is -0.726. The number of carbonyl (C=O) groups is 1. The van der Waals surface area contributed by atoms with E-state index in [1.807, 2.05) is 12.1 Å². The van der Waals surface area contributed by atoms with Crippen molar-refractivity contribution in [1.29, 1.82) is 0 Å². The van der Waals surface area contributed by atoms with Crippen LogP contribution in [0.3, 0.4) is 0 Å². The Kier molecular flexibility index (Phi) is 4.42. The van der Waals surface area contributed by atoms with E-state index in [-0.39, 0.29) is 11.3 Å². The van der Waals surface area contributed by atoms with E-state index >= 15 is 0 Å². The molecular weight excluding hydrogens is 271 g/mol. The molecule has 110 valence electrons. The van der Waals surface area contributed by atoms with Gasteiger partial charge in [-0.3, -0.25) is 4.79 Å². The van der Waals surface area contributed by atoms with Crippen LogP contribution in [0.25, 0.3) is 0 Å². The first-order valence-corrected chi connectivity index (χ1v) is 6.64. The summed E-state index contributed by atoms with van der Waals surface area (Å²) in [6.45, 7) is 2.52. The molecule has 0 aliphatic carbocycles. The number of carbonyl (C=O) groups excluding carboxylic acids is 1. The van der Waals surface area contributed by atoms with Gasteiger partial charge in [-0.15, -0.1) is 0 Å². The quantitative estimate of drug-likeness (QED) is 0.850. The van der Waals surface area contributed by atoms with Crippen molar-refractivity contribution in [2.75, 3.05) is 12.3 Å². The number of nitrogens with zero attached hydrogens (tertiary/aromatic N) is 1. The second kappa shape index (κ2) is 6.26. The predicted molar refractivity (Wildman–Crippen MR) is 79.3 cm³/mol. The number of halogens is 1. The van der Waals surface area contributed by atoms with Crippen LogP contribution in [0.2, 0.25) is 0 Å². The molecule has 0 saturated carbocycles. The molecule has 21 heavy (non-hydrogen) atoms. The molecule has 5 heteroatoms. The summed E-state index contributed by atoms with van der Waals surface area (Å²) in [6.07, 6.45) is 0. The van der Waals surface area contributed by atoms with E-state index in [0.29, 0.717) is 18.8 Å². The van der Waals surface area contributed by atoms with Crippen LogP contribution in [-0.2, 0) is 6.54 Å². The molecule has 3 N–H and O–H groups in total. The van der Waals surface area contributed by atoms with Crippen molar-refractivity contribution in [3.8, 4) is 5.75 Å². The van der Waals surface area contributed by atoms with Gasteiger partial charge in [0.2, 0.25) is 0 Å². The molecule has 4 nitrogen and oxygen atoms in total. The number of rotatable bonds is 4. The Morgan fingerprint density at radius 2 is 1.90 bits per heavy atom. The van der Waals surface area contributed by atoms with Crippen molar-refractivity contribution < 1.29 is 14.3 Å². The van der Waals surface area contributed by atoms with Crippen LogP contribution in [0.15, 0.2) is 42.5 Å². The standard InChI is InChI=1S/C16H17FN2O2/c1-2-19(10-11-6-8-12(18)9-7-11)16(21)15-13(17)4-3-5-14(15)20/h3-9,20H,2,10,18H2,1H3. The normalized spacial score (nSPS) is 10.4. The van der Waals surface area contributed by atoms with Gasteiger partial charge in [-0.2, -0.15) is 0 Å². The van der Waals surface area contributed by atoms with Crippen molar-refractivity contribution in [3.05, 3.63) is 59.4 Å². The summed E-state index contributed by atoms with van der Waals surface area (Å²) >= 11 is 0. The number of hydrogen-bond acceptors (Lipinski definition) is 3. The Hall–Kier alpha value is -2.56. The van der Waals surface area contributed by atoms with Crippen LogP contribution >= 0.6 is 0 Å². The van der Waals surface area contributed by atoms with Crippen molar-refractivity contribution >= 4 is 11.6 Å². The van der Waals surface area contributed by atoms with Crippen molar-refractivity contribution in [3.63, 3.8) is 0 Å². The molecule has 0 bridgehead atoms. The zero-order valence-corrected chi connectivity index (χ0v) is 11.7. The number of benzene rings is 2. The molecule has 0 unspecified atom stereocenters. The Labute approximate surface area is 122 Å². The summed E-state index contributed by atoms with van der Waals surface area (Å²) in [5.41, 5.74) is 6.84. The first-order chi connectivity index (χ1) is 10.0. The lowest BCUT2D eigenvalue weighted by molar-refractivity contribution is 0.0744. The van der Waals surface area contributed by atoms with Gasteiger partial charge in [-0.05, 0) is 36.8 Å². The lowest BCUT2D eigenvalue weighted by Crippen LogP contribution is -2.31. The van der Waals surface area contributed by atoms with Crippen LogP contribution in [0.1, 0.15) is 22.8 Å². The fraction of sp³-hybridized carbons (Fsp3) is 0.188. The van der Waals surface area contributed by atoms with Crippen LogP contribution in [-0.4, -0.2) is 22.5 Å². The van der Waals surface area contributed by atoms with E-state index in [1.165, 1.54) is 17.0 Å². The zero-order valence-electron chi connectivity index (χ0n) is 11.7. The molecule has 0 spiro atoms. The highest BCUT2D eigenvalue weighted by atomic mass is 19.1. The summed E-state index contributed by atoms with van der Waals surface area (Å²) in [5, 5.41) is 9.70. The topological polar surface area (TPSA) is 66.6 Å². The van der Waals surface area contributed by atoms with Gasteiger partial charge in [0.25, 0.3) is 5.91 Å². The number of amides is 1. The summed E-state index contributed by atoms with van der Waals surface area (Å²) in [6, 6.07) is 10.9. The Bertz CT molecular complexity index is 621. The van der Waals surface area contributed by atoms with Crippen LogP contribution < -0.4 is 5.73 Å². The average molecular weight is 288 g/mol. The van der Waals surface area contributed by atoms with Gasteiger partial charge in [0.1, 0.15) is 17.1 Å². The number of hydrogen-bond donors (Lipinski definition) is 2. The van der Waals surface area contributed by atoms with Gasteiger partial charge in [-0.25, -0.2) is 4.39 Å². The largest absolute Gasteiger partial charge is 0.507 e. The Morgan fingerprint density at radius 3 is 2.48 bits per heavy atom. The molecule has 0 aliphatic rings. The minimum Gasteiger partial charge on any atom is -0.507 e. The third kappa shape index (κ3) is 3.31. The monoisotopic (exact) mass is 288 g/mol. The molecule has 0 aliphatic heterocycles. The average Bonchev–Trinajstić information content (AvgIpc) is 2.46. The SMILES string of the molecule is CCN(Cc1ccc(N)cc1)C(=O)c1c(O)cccc1F. The molecule has 0 saturated heterocycles. The van der Waals surface area contributed by atoms with E-state index in [4.69, 9.17) is 5.73 Å². The van der Waals surface area contributed by atoms with E-state index in [0.717, 1.165) is 11.6 Å². The number of nitrogens with two attached hydrogens (primary N) is 1. The first-order valence-electron chi connectivity index (χ1n) is 6.64. The summed E-state index contributed by atoms with van der Waals surface area (Å²) in [5.74, 6) is -1.61. The minimum absolute atomic E-state index is 0.296. The van der Waals surface area contributed by atoms with E-state index in [9.17, 15) is 14.3 Å². The Balaban J connectivity index is 2.24. The molecule has 0 aromatic heterocycles. The number of anilines is 1. The molecule has 2 aromatic rings. The number of phenols is 1. The predicted octanol–water partition coefficient (Wildman–Crippen LogP) is 2.78. The first kappa shape index (κ1) is 14.8. The summed E-state index contributed by atoms with van der Waals surface area (Å²) in [4.78, 5) is 13.9. The van der Waals surface area contributed by atoms with Crippen LogP contribution in [0.4, 0.5) is 10.1 Å². The molecule has 0 atom stereocenters. The van der Waals surface area contributed by atoms with Gasteiger partial charge >= 0.3 is 0 Å². The number of phenolic OH excluding ortho intramolecular Hbond substituents is 1. The van der Waals surface area contributed by atoms with E-state index in [1.54, 1.807) is 19.1 Å². The van der Waals surface area contributed by atoms with Gasteiger partial charge in [0.15, 0.2) is 0 Å². The fourth-order valence-corrected chi connectivity index (χ4v) is 2.05. The van der Waals surface area contributed by atoms with Crippen LogP contribution in [0.5, 0.6) is 5.75 Å². The second-order valence-electron chi connectivity index (χ2n) is 4.69. The van der Waals surface area contributed by atoms with Gasteiger partial charge < -0.3 is 15.7 Å². The second-order valence-corrected chi connectivity index (χ2v) is 4.69. The Morgan fingerprint density at radius 1 is 1.24 bits per heavy atom. The highest BCUT2D eigenvalue weighted by molar-refractivity contribution is 5.97. The van der Waals surface area contributed by atoms with E-state index in [2.05, 4.69) is 0 Å². The van der Waals surface area contributed by atoms with Crippen LogP contribution in [0, 0.1) is 5.82 Å². The molecule has 2 aromatic carbocycles. The maximum atomic E-state index is 13.8. The molecular formula is C16H17FN2O2. The lowest BCUT2D eigenvalue weighted by atomic mass is 10.1. The molecule has 2 rings (SSSR count). The maximum Gasteiger partial charge on any atom is 0.260 e. The highest BCUT2D eigenvalue weighted by Gasteiger charge is 2.21. The number of nitrogen functional groups attached to an aromatic ring is 1.